The molecule has 1 aliphatic heterocycles. The Hall–Kier alpha value is -2.93. The molecule has 2 aromatic carbocycles. The van der Waals surface area contributed by atoms with E-state index in [-0.39, 0.29) is 55.3 Å². The summed E-state index contributed by atoms with van der Waals surface area (Å²) in [5.41, 5.74) is -2.06. The number of nitrogens with one attached hydrogen (secondary N) is 2. The number of rotatable bonds is 8. The minimum Gasteiger partial charge on any atom is -0.444 e. The average molecular weight is 658 g/mol. The molecular formula is C29H35Cl2FN4O6S. The van der Waals surface area contributed by atoms with Crippen molar-refractivity contribution in [3.8, 4) is 0 Å². The van der Waals surface area contributed by atoms with E-state index in [1.54, 1.807) is 27.7 Å². The zero-order valence-corrected chi connectivity index (χ0v) is 26.8. The number of carbonyl (C=O) groups excluding carboxylic acids is 1. The molecule has 10 nitrogen and oxygen atoms in total. The van der Waals surface area contributed by atoms with Gasteiger partial charge in [0.05, 0.1) is 33.1 Å². The van der Waals surface area contributed by atoms with Gasteiger partial charge in [0, 0.05) is 29.7 Å². The van der Waals surface area contributed by atoms with E-state index in [2.05, 4.69) is 10.3 Å². The van der Waals surface area contributed by atoms with Crippen LogP contribution in [0.4, 0.5) is 9.18 Å². The van der Waals surface area contributed by atoms with Gasteiger partial charge in [-0.05, 0) is 76.4 Å². The van der Waals surface area contributed by atoms with Gasteiger partial charge in [-0.25, -0.2) is 22.4 Å². The zero-order valence-electron chi connectivity index (χ0n) is 24.4. The molecule has 0 saturated carbocycles. The Morgan fingerprint density at radius 1 is 1.19 bits per heavy atom. The Kier molecular flexibility index (Phi) is 9.95. The van der Waals surface area contributed by atoms with Gasteiger partial charge in [0.15, 0.2) is 9.84 Å². The monoisotopic (exact) mass is 656 g/mol. The number of nitrogens with zero attached hydrogens (tertiary/aromatic N) is 2. The molecule has 1 saturated heterocycles. The molecular weight excluding hydrogens is 622 g/mol. The third kappa shape index (κ3) is 7.78. The van der Waals surface area contributed by atoms with Gasteiger partial charge in [-0.15, -0.1) is 0 Å². The highest BCUT2D eigenvalue weighted by Crippen LogP contribution is 2.29. The van der Waals surface area contributed by atoms with Crippen LogP contribution in [-0.2, 0) is 27.7 Å². The fraction of sp³-hybridized carbons (Fsp3) is 0.483. The number of hydrogen-bond donors (Lipinski definition) is 2. The third-order valence-electron chi connectivity index (χ3n) is 7.03. The summed E-state index contributed by atoms with van der Waals surface area (Å²) < 4.78 is 47.3. The molecule has 1 amide bonds. The van der Waals surface area contributed by atoms with E-state index in [1.807, 2.05) is 4.90 Å². The highest BCUT2D eigenvalue weighted by Gasteiger charge is 2.27. The molecule has 1 aromatic heterocycles. The second-order valence-corrected chi connectivity index (χ2v) is 14.6. The van der Waals surface area contributed by atoms with Crippen LogP contribution in [0.2, 0.25) is 10.0 Å². The molecule has 2 heterocycles. The number of aromatic nitrogens is 2. The molecule has 4 rings (SSSR count). The van der Waals surface area contributed by atoms with Crippen LogP contribution in [0.15, 0.2) is 38.8 Å². The standard InChI is InChI=1S/C29H35Cl2FN4O6S/c1-5-11-43(40,41)23-9-8-18(30)12-17(23)14-36-26(37)20-13-22(32)21(24(31)25(20)34-27(36)38)16-35-10-6-7-19(15-35)33-28(39)42-29(2,3)4/h8-9,12-13,19H,5-7,10-11,14-16H2,1-4H3,(H,33,39)(H,34,38)/t19-/m1/s1. The summed E-state index contributed by atoms with van der Waals surface area (Å²) in [7, 11) is -3.70. The van der Waals surface area contributed by atoms with Crippen molar-refractivity contribution in [3.05, 3.63) is 72.1 Å². The van der Waals surface area contributed by atoms with Crippen molar-refractivity contribution in [3.63, 3.8) is 0 Å². The van der Waals surface area contributed by atoms with Gasteiger partial charge in [0.1, 0.15) is 11.4 Å². The van der Waals surface area contributed by atoms with Gasteiger partial charge in [-0.3, -0.25) is 14.3 Å². The molecule has 1 aliphatic rings. The Bertz CT molecular complexity index is 1770. The molecule has 2 N–H and O–H groups in total. The van der Waals surface area contributed by atoms with Crippen molar-refractivity contribution in [2.45, 2.75) is 76.6 Å². The highest BCUT2D eigenvalue weighted by molar-refractivity contribution is 7.91. The van der Waals surface area contributed by atoms with Crippen molar-refractivity contribution in [2.75, 3.05) is 18.8 Å². The van der Waals surface area contributed by atoms with Crippen LogP contribution in [0.5, 0.6) is 0 Å². The first-order valence-electron chi connectivity index (χ1n) is 14.0. The van der Waals surface area contributed by atoms with Crippen molar-refractivity contribution < 1.29 is 22.3 Å². The number of halogens is 3. The number of ether oxygens (including phenoxy) is 1. The molecule has 0 aliphatic carbocycles. The number of hydrogen-bond acceptors (Lipinski definition) is 7. The first kappa shape index (κ1) is 33.0. The smallest absolute Gasteiger partial charge is 0.407 e. The number of likely N-dealkylation sites (tertiary alicyclic amines) is 1. The Morgan fingerprint density at radius 2 is 1.91 bits per heavy atom. The summed E-state index contributed by atoms with van der Waals surface area (Å²) in [6.45, 7) is 7.78. The van der Waals surface area contributed by atoms with E-state index in [4.69, 9.17) is 27.9 Å². The van der Waals surface area contributed by atoms with Gasteiger partial charge in [0.2, 0.25) is 0 Å². The van der Waals surface area contributed by atoms with E-state index in [0.29, 0.717) is 19.5 Å². The number of benzene rings is 2. The van der Waals surface area contributed by atoms with E-state index >= 15 is 4.39 Å². The Morgan fingerprint density at radius 3 is 2.58 bits per heavy atom. The summed E-state index contributed by atoms with van der Waals surface area (Å²) in [5.74, 6) is -0.854. The van der Waals surface area contributed by atoms with Crippen molar-refractivity contribution in [1.29, 1.82) is 0 Å². The van der Waals surface area contributed by atoms with Crippen LogP contribution in [0.25, 0.3) is 10.9 Å². The van der Waals surface area contributed by atoms with Crippen molar-refractivity contribution in [2.24, 2.45) is 0 Å². The van der Waals surface area contributed by atoms with Crippen molar-refractivity contribution in [1.82, 2.24) is 19.8 Å². The van der Waals surface area contributed by atoms with Gasteiger partial charge < -0.3 is 15.0 Å². The number of amides is 1. The van der Waals surface area contributed by atoms with E-state index in [9.17, 15) is 22.8 Å². The lowest BCUT2D eigenvalue weighted by Crippen LogP contribution is -2.48. The number of fused-ring (bicyclic) bond motifs is 1. The van der Waals surface area contributed by atoms with Crippen molar-refractivity contribution >= 4 is 50.0 Å². The van der Waals surface area contributed by atoms with E-state index in [1.165, 1.54) is 18.2 Å². The number of carbonyl (C=O) groups is 1. The number of piperidine rings is 1. The quantitative estimate of drug-likeness (QED) is 0.354. The van der Waals surface area contributed by atoms with Gasteiger partial charge in [-0.1, -0.05) is 30.1 Å². The maximum atomic E-state index is 15.5. The Labute approximate surface area is 259 Å². The first-order chi connectivity index (χ1) is 20.1. The molecule has 0 unspecified atom stereocenters. The molecule has 14 heteroatoms. The molecule has 43 heavy (non-hydrogen) atoms. The predicted molar refractivity (Wildman–Crippen MR) is 164 cm³/mol. The minimum absolute atomic E-state index is 0.0188. The summed E-state index contributed by atoms with van der Waals surface area (Å²) in [6.07, 6.45) is 1.31. The maximum absolute atomic E-state index is 15.5. The van der Waals surface area contributed by atoms with Gasteiger partial charge in [0.25, 0.3) is 5.56 Å². The average Bonchev–Trinajstić information content (AvgIpc) is 2.89. The lowest BCUT2D eigenvalue weighted by Gasteiger charge is -2.33. The highest BCUT2D eigenvalue weighted by atomic mass is 35.5. The molecule has 0 bridgehead atoms. The molecule has 0 radical (unpaired) electrons. The first-order valence-corrected chi connectivity index (χ1v) is 16.4. The fourth-order valence-corrected chi connectivity index (χ4v) is 7.24. The van der Waals surface area contributed by atoms with Crippen LogP contribution in [0, 0.1) is 5.82 Å². The molecule has 0 spiro atoms. The minimum atomic E-state index is -3.70. The molecule has 3 aromatic rings. The Balaban J connectivity index is 1.64. The maximum Gasteiger partial charge on any atom is 0.407 e. The lowest BCUT2D eigenvalue weighted by atomic mass is 10.0. The topological polar surface area (TPSA) is 131 Å². The normalized spacial score (nSPS) is 16.4. The summed E-state index contributed by atoms with van der Waals surface area (Å²) >= 11 is 12.7. The molecule has 234 valence electrons. The number of H-pyrrole nitrogens is 1. The number of sulfone groups is 1. The summed E-state index contributed by atoms with van der Waals surface area (Å²) in [4.78, 5) is 43.3. The van der Waals surface area contributed by atoms with Gasteiger partial charge in [-0.2, -0.15) is 0 Å². The van der Waals surface area contributed by atoms with E-state index in [0.717, 1.165) is 23.5 Å². The van der Waals surface area contributed by atoms with Crippen LogP contribution >= 0.6 is 23.2 Å². The molecule has 1 fully saturated rings. The molecule has 1 atom stereocenters. The largest absolute Gasteiger partial charge is 0.444 e. The van der Waals surface area contributed by atoms with Crippen LogP contribution in [-0.4, -0.2) is 59.4 Å². The second kappa shape index (κ2) is 13.0. The van der Waals surface area contributed by atoms with E-state index < -0.39 is 45.1 Å². The van der Waals surface area contributed by atoms with Crippen LogP contribution in [0.3, 0.4) is 0 Å². The zero-order chi connectivity index (χ0) is 31.7. The second-order valence-electron chi connectivity index (χ2n) is 11.7. The number of alkyl carbamates (subject to hydrolysis) is 1. The lowest BCUT2D eigenvalue weighted by molar-refractivity contribution is 0.0470. The number of aromatic amines is 1. The van der Waals surface area contributed by atoms with Crippen LogP contribution < -0.4 is 16.6 Å². The third-order valence-corrected chi connectivity index (χ3v) is 9.70. The SMILES string of the molecule is CCCS(=O)(=O)c1ccc(Cl)cc1Cn1c(=O)[nH]c2c(Cl)c(CN3CCC[C@@H](NC(=O)OC(C)(C)C)C3)c(F)cc2c1=O. The predicted octanol–water partition coefficient (Wildman–Crippen LogP) is 4.86. The summed E-state index contributed by atoms with van der Waals surface area (Å²) in [5, 5.41) is 2.82. The van der Waals surface area contributed by atoms with Crippen LogP contribution in [0.1, 0.15) is 58.1 Å². The van der Waals surface area contributed by atoms with Gasteiger partial charge >= 0.3 is 11.8 Å². The fourth-order valence-electron chi connectivity index (χ4n) is 5.19. The summed E-state index contributed by atoms with van der Waals surface area (Å²) in [6, 6.07) is 4.98.